The van der Waals surface area contributed by atoms with Crippen LogP contribution >= 0.6 is 0 Å². The normalized spacial score (nSPS) is 11.3. The molecule has 22 heavy (non-hydrogen) atoms. The van der Waals surface area contributed by atoms with Gasteiger partial charge in [0.05, 0.1) is 5.69 Å². The van der Waals surface area contributed by atoms with Gasteiger partial charge in [-0.3, -0.25) is 4.98 Å². The third kappa shape index (κ3) is 4.03. The Kier molecular flexibility index (Phi) is 4.58. The van der Waals surface area contributed by atoms with Crippen LogP contribution in [0.15, 0.2) is 79.0 Å². The molecule has 0 unspecified atom stereocenters. The van der Waals surface area contributed by atoms with Crippen molar-refractivity contribution in [3.05, 3.63) is 101 Å². The van der Waals surface area contributed by atoms with Crippen LogP contribution < -0.4 is 0 Å². The average molecular weight is 283 g/mol. The summed E-state index contributed by atoms with van der Waals surface area (Å²) < 4.78 is 0. The zero-order valence-electron chi connectivity index (χ0n) is 12.3. The van der Waals surface area contributed by atoms with Gasteiger partial charge in [0.25, 0.3) is 0 Å². The van der Waals surface area contributed by atoms with Crippen LogP contribution in [0.2, 0.25) is 0 Å². The Bertz CT molecular complexity index is 707. The number of nitrogens with zero attached hydrogens (tertiary/aromatic N) is 1. The van der Waals surface area contributed by atoms with Crippen LogP contribution in [0.4, 0.5) is 0 Å². The van der Waals surface area contributed by atoms with Gasteiger partial charge in [0.2, 0.25) is 0 Å². The van der Waals surface area contributed by atoms with Gasteiger partial charge in [0, 0.05) is 6.20 Å². The van der Waals surface area contributed by atoms with Gasteiger partial charge in [0.15, 0.2) is 0 Å². The molecule has 1 nitrogen and oxygen atoms in total. The summed E-state index contributed by atoms with van der Waals surface area (Å²) in [6, 6.07) is 24.6. The minimum Gasteiger partial charge on any atom is -0.257 e. The lowest BCUT2D eigenvalue weighted by molar-refractivity contribution is 1.29. The van der Waals surface area contributed by atoms with Gasteiger partial charge in [-0.25, -0.2) is 0 Å². The van der Waals surface area contributed by atoms with E-state index in [1.165, 1.54) is 11.1 Å². The monoisotopic (exact) mass is 283 g/mol. The highest BCUT2D eigenvalue weighted by molar-refractivity contribution is 5.72. The first-order valence-electron chi connectivity index (χ1n) is 7.32. The Labute approximate surface area is 131 Å². The number of hydrogen-bond acceptors (Lipinski definition) is 1. The van der Waals surface area contributed by atoms with Crippen LogP contribution in [0.3, 0.4) is 0 Å². The first-order valence-corrected chi connectivity index (χ1v) is 7.32. The van der Waals surface area contributed by atoms with E-state index in [9.17, 15) is 0 Å². The average Bonchev–Trinajstić information content (AvgIpc) is 2.60. The molecule has 1 heterocycles. The number of rotatable bonds is 4. The molecule has 1 aromatic heterocycles. The molecular weight excluding hydrogens is 266 g/mol. The minimum absolute atomic E-state index is 0.957. The first kappa shape index (κ1) is 14.0. The fourth-order valence-electron chi connectivity index (χ4n) is 2.16. The smallest absolute Gasteiger partial charge is 0.0635 e. The van der Waals surface area contributed by atoms with E-state index in [4.69, 9.17) is 0 Å². The van der Waals surface area contributed by atoms with Crippen molar-refractivity contribution in [3.8, 4) is 0 Å². The number of benzene rings is 2. The van der Waals surface area contributed by atoms with Crippen molar-refractivity contribution >= 4 is 24.3 Å². The van der Waals surface area contributed by atoms with Crippen molar-refractivity contribution in [2.24, 2.45) is 0 Å². The number of aromatic nitrogens is 1. The number of hydrogen-bond donors (Lipinski definition) is 0. The van der Waals surface area contributed by atoms with Gasteiger partial charge >= 0.3 is 0 Å². The third-order valence-corrected chi connectivity index (χ3v) is 3.32. The first-order chi connectivity index (χ1) is 10.9. The molecule has 0 amide bonds. The molecule has 0 atom stereocenters. The van der Waals surface area contributed by atoms with E-state index in [0.29, 0.717) is 0 Å². The Hall–Kier alpha value is -2.93. The summed E-state index contributed by atoms with van der Waals surface area (Å²) in [7, 11) is 0. The molecule has 1 heteroatoms. The minimum atomic E-state index is 0.957. The lowest BCUT2D eigenvalue weighted by Crippen LogP contribution is -1.81. The van der Waals surface area contributed by atoms with Gasteiger partial charge < -0.3 is 0 Å². The maximum Gasteiger partial charge on any atom is 0.0635 e. The van der Waals surface area contributed by atoms with E-state index >= 15 is 0 Å². The SMILES string of the molecule is C(=Cc1ccnc(C=Cc2ccccc2)c1)c1ccccc1. The second-order valence-corrected chi connectivity index (χ2v) is 5.00. The van der Waals surface area contributed by atoms with Crippen LogP contribution in [0.25, 0.3) is 24.3 Å². The van der Waals surface area contributed by atoms with Crippen molar-refractivity contribution in [2.45, 2.75) is 0 Å². The summed E-state index contributed by atoms with van der Waals surface area (Å²) in [5.41, 5.74) is 4.47. The van der Waals surface area contributed by atoms with Crippen LogP contribution in [0, 0.1) is 0 Å². The third-order valence-electron chi connectivity index (χ3n) is 3.32. The second kappa shape index (κ2) is 7.19. The Morgan fingerprint density at radius 1 is 0.545 bits per heavy atom. The number of pyridine rings is 1. The molecule has 0 radical (unpaired) electrons. The maximum atomic E-state index is 4.39. The molecular formula is C21H17N. The van der Waals surface area contributed by atoms with Gasteiger partial charge in [-0.05, 0) is 34.9 Å². The van der Waals surface area contributed by atoms with Gasteiger partial charge in [-0.15, -0.1) is 0 Å². The summed E-state index contributed by atoms with van der Waals surface area (Å²) in [4.78, 5) is 4.39. The van der Waals surface area contributed by atoms with Crippen molar-refractivity contribution in [2.75, 3.05) is 0 Å². The molecule has 0 N–H and O–H groups in total. The highest BCUT2D eigenvalue weighted by Gasteiger charge is 1.92. The summed E-state index contributed by atoms with van der Waals surface area (Å²) in [5, 5.41) is 0. The van der Waals surface area contributed by atoms with E-state index in [1.54, 1.807) is 0 Å². The van der Waals surface area contributed by atoms with Gasteiger partial charge in [-0.2, -0.15) is 0 Å². The predicted molar refractivity (Wildman–Crippen MR) is 95.0 cm³/mol. The molecule has 2 aromatic carbocycles. The van der Waals surface area contributed by atoms with Crippen molar-refractivity contribution < 1.29 is 0 Å². The highest BCUT2D eigenvalue weighted by Crippen LogP contribution is 2.11. The highest BCUT2D eigenvalue weighted by atomic mass is 14.6. The lowest BCUT2D eigenvalue weighted by Gasteiger charge is -1.97. The molecule has 0 fully saturated rings. The van der Waals surface area contributed by atoms with E-state index in [1.807, 2.05) is 54.7 Å². The molecule has 0 saturated heterocycles. The Morgan fingerprint density at radius 2 is 1.09 bits per heavy atom. The Morgan fingerprint density at radius 3 is 1.73 bits per heavy atom. The van der Waals surface area contributed by atoms with Crippen LogP contribution in [-0.4, -0.2) is 4.98 Å². The van der Waals surface area contributed by atoms with Crippen molar-refractivity contribution in [1.82, 2.24) is 4.98 Å². The lowest BCUT2D eigenvalue weighted by atomic mass is 10.1. The van der Waals surface area contributed by atoms with Crippen molar-refractivity contribution in [3.63, 3.8) is 0 Å². The predicted octanol–water partition coefficient (Wildman–Crippen LogP) is 5.42. The molecule has 0 aliphatic rings. The molecule has 0 aliphatic heterocycles. The van der Waals surface area contributed by atoms with Crippen LogP contribution in [0.5, 0.6) is 0 Å². The molecule has 0 saturated carbocycles. The topological polar surface area (TPSA) is 12.9 Å². The summed E-state index contributed by atoms with van der Waals surface area (Å²) in [6.45, 7) is 0. The standard InChI is InChI=1S/C21H17N/c1-3-7-18(8-4-1)11-12-20-15-16-22-21(17-20)14-13-19-9-5-2-6-10-19/h1-17H. The fourth-order valence-corrected chi connectivity index (χ4v) is 2.16. The molecule has 3 rings (SSSR count). The molecule has 0 bridgehead atoms. The molecule has 106 valence electrons. The zero-order chi connectivity index (χ0) is 15.0. The zero-order valence-corrected chi connectivity index (χ0v) is 12.3. The maximum absolute atomic E-state index is 4.39. The summed E-state index contributed by atoms with van der Waals surface area (Å²) in [6.07, 6.45) is 10.2. The summed E-state index contributed by atoms with van der Waals surface area (Å²) >= 11 is 0. The molecule has 0 spiro atoms. The molecule has 0 aliphatic carbocycles. The van der Waals surface area contributed by atoms with E-state index in [2.05, 4.69) is 53.5 Å². The second-order valence-electron chi connectivity index (χ2n) is 5.00. The van der Waals surface area contributed by atoms with Crippen LogP contribution in [0.1, 0.15) is 22.4 Å². The van der Waals surface area contributed by atoms with E-state index < -0.39 is 0 Å². The molecule has 3 aromatic rings. The van der Waals surface area contributed by atoms with Crippen LogP contribution in [-0.2, 0) is 0 Å². The fraction of sp³-hybridized carbons (Fsp3) is 0. The quantitative estimate of drug-likeness (QED) is 0.622. The van der Waals surface area contributed by atoms with Gasteiger partial charge in [0.1, 0.15) is 0 Å². The van der Waals surface area contributed by atoms with E-state index in [-0.39, 0.29) is 0 Å². The van der Waals surface area contributed by atoms with Gasteiger partial charge in [-0.1, -0.05) is 78.9 Å². The van der Waals surface area contributed by atoms with Crippen molar-refractivity contribution in [1.29, 1.82) is 0 Å². The summed E-state index contributed by atoms with van der Waals surface area (Å²) in [5.74, 6) is 0. The van der Waals surface area contributed by atoms with E-state index in [0.717, 1.165) is 11.3 Å². The largest absolute Gasteiger partial charge is 0.257 e. The Balaban J connectivity index is 1.75.